The predicted molar refractivity (Wildman–Crippen MR) is 113 cm³/mol. The summed E-state index contributed by atoms with van der Waals surface area (Å²) in [6.45, 7) is 5.02. The number of para-hydroxylation sites is 1. The van der Waals surface area contributed by atoms with Gasteiger partial charge in [-0.2, -0.15) is 0 Å². The lowest BCUT2D eigenvalue weighted by molar-refractivity contribution is -0.122. The van der Waals surface area contributed by atoms with Crippen molar-refractivity contribution in [3.8, 4) is 0 Å². The molecule has 6 heteroatoms. The number of likely N-dealkylation sites (tertiary alicyclic amines) is 1. The van der Waals surface area contributed by atoms with Crippen LogP contribution in [-0.4, -0.2) is 39.7 Å². The molecule has 1 aromatic heterocycles. The third-order valence-corrected chi connectivity index (χ3v) is 6.24. The monoisotopic (exact) mass is 393 g/mol. The molecule has 1 fully saturated rings. The summed E-state index contributed by atoms with van der Waals surface area (Å²) < 4.78 is 1.82. The van der Waals surface area contributed by atoms with E-state index in [-0.39, 0.29) is 36.0 Å². The second kappa shape index (κ2) is 7.97. The number of benzene rings is 1. The van der Waals surface area contributed by atoms with Crippen LogP contribution in [0.15, 0.2) is 53.3 Å². The summed E-state index contributed by atoms with van der Waals surface area (Å²) in [5, 5.41) is 13.2. The highest BCUT2D eigenvalue weighted by Gasteiger charge is 2.54. The molecule has 3 heterocycles. The Hall–Kier alpha value is -2.70. The van der Waals surface area contributed by atoms with Gasteiger partial charge in [0.2, 0.25) is 5.91 Å². The van der Waals surface area contributed by atoms with Crippen molar-refractivity contribution >= 4 is 17.7 Å². The van der Waals surface area contributed by atoms with Crippen LogP contribution >= 0.6 is 0 Å². The van der Waals surface area contributed by atoms with Gasteiger partial charge in [0.05, 0.1) is 12.1 Å². The number of fused-ring (bicyclic) bond motifs is 3. The maximum absolute atomic E-state index is 13.2. The summed E-state index contributed by atoms with van der Waals surface area (Å²) in [6, 6.07) is 12.8. The molecule has 2 N–H and O–H groups in total. The maximum atomic E-state index is 13.2. The van der Waals surface area contributed by atoms with Crippen molar-refractivity contribution in [2.45, 2.75) is 32.5 Å². The fourth-order valence-electron chi connectivity index (χ4n) is 5.04. The van der Waals surface area contributed by atoms with Crippen LogP contribution < -0.4 is 10.9 Å². The van der Waals surface area contributed by atoms with E-state index in [2.05, 4.69) is 10.2 Å². The molecular weight excluding hydrogens is 366 g/mol. The predicted octanol–water partition coefficient (Wildman–Crippen LogP) is 2.50. The molecule has 0 spiro atoms. The highest BCUT2D eigenvalue weighted by Crippen LogP contribution is 2.49. The van der Waals surface area contributed by atoms with Gasteiger partial charge in [0.1, 0.15) is 0 Å². The first-order chi connectivity index (χ1) is 14.1. The lowest BCUT2D eigenvalue weighted by Gasteiger charge is -2.29. The van der Waals surface area contributed by atoms with Crippen LogP contribution in [0.25, 0.3) is 6.08 Å². The van der Waals surface area contributed by atoms with Crippen molar-refractivity contribution < 1.29 is 9.90 Å². The molecule has 2 aliphatic rings. The number of nitrogens with one attached hydrogen (secondary N) is 1. The second-order valence-electron chi connectivity index (χ2n) is 7.71. The molecule has 4 atom stereocenters. The number of allylic oxidation sites excluding steroid dienone is 1. The number of aliphatic hydroxyl groups excluding tert-OH is 1. The minimum absolute atomic E-state index is 0.00645. The third kappa shape index (κ3) is 3.22. The van der Waals surface area contributed by atoms with E-state index in [0.717, 1.165) is 11.4 Å². The average Bonchev–Trinajstić information content (AvgIpc) is 3.25. The number of aromatic nitrogens is 1. The summed E-state index contributed by atoms with van der Waals surface area (Å²) in [5.74, 6) is -0.306. The van der Waals surface area contributed by atoms with Crippen molar-refractivity contribution in [2.75, 3.05) is 18.5 Å². The Morgan fingerprint density at radius 2 is 2.00 bits per heavy atom. The van der Waals surface area contributed by atoms with Gasteiger partial charge >= 0.3 is 0 Å². The Bertz CT molecular complexity index is 983. The van der Waals surface area contributed by atoms with Gasteiger partial charge in [0.15, 0.2) is 0 Å². The van der Waals surface area contributed by atoms with Crippen molar-refractivity contribution in [2.24, 2.45) is 11.8 Å². The fourth-order valence-corrected chi connectivity index (χ4v) is 5.04. The Balaban J connectivity index is 1.69. The number of amides is 1. The van der Waals surface area contributed by atoms with Gasteiger partial charge in [0, 0.05) is 41.9 Å². The average molecular weight is 393 g/mol. The first-order valence-electron chi connectivity index (χ1n) is 10.2. The number of hydrogen-bond acceptors (Lipinski definition) is 4. The van der Waals surface area contributed by atoms with Gasteiger partial charge < -0.3 is 15.0 Å². The molecule has 0 bridgehead atoms. The highest BCUT2D eigenvalue weighted by molar-refractivity contribution is 5.95. The smallest absolute Gasteiger partial charge is 0.258 e. The highest BCUT2D eigenvalue weighted by atomic mass is 16.3. The van der Waals surface area contributed by atoms with Gasteiger partial charge in [-0.3, -0.25) is 14.5 Å². The fraction of sp³-hybridized carbons (Fsp3) is 0.391. The van der Waals surface area contributed by atoms with E-state index in [0.29, 0.717) is 18.7 Å². The molecule has 4 rings (SSSR count). The van der Waals surface area contributed by atoms with Crippen LogP contribution in [0.1, 0.15) is 31.1 Å². The molecule has 1 amide bonds. The van der Waals surface area contributed by atoms with Crippen molar-refractivity contribution in [1.82, 2.24) is 9.47 Å². The first kappa shape index (κ1) is 19.6. The zero-order valence-corrected chi connectivity index (χ0v) is 16.8. The van der Waals surface area contributed by atoms with Crippen LogP contribution in [0.4, 0.5) is 5.69 Å². The molecule has 1 aromatic carbocycles. The molecule has 0 saturated carbocycles. The van der Waals surface area contributed by atoms with Gasteiger partial charge in [-0.1, -0.05) is 37.3 Å². The topological polar surface area (TPSA) is 74.6 Å². The van der Waals surface area contributed by atoms with Crippen molar-refractivity contribution in [3.63, 3.8) is 0 Å². The van der Waals surface area contributed by atoms with E-state index in [1.165, 1.54) is 0 Å². The number of hydrogen-bond donors (Lipinski definition) is 2. The summed E-state index contributed by atoms with van der Waals surface area (Å²) in [6.07, 6.45) is 3.68. The summed E-state index contributed by atoms with van der Waals surface area (Å²) in [7, 11) is 0. The molecule has 29 heavy (non-hydrogen) atoms. The number of carbonyl (C=O) groups excluding carboxylic acids is 1. The van der Waals surface area contributed by atoms with Crippen LogP contribution in [0, 0.1) is 11.8 Å². The minimum atomic E-state index is -0.431. The van der Waals surface area contributed by atoms with Gasteiger partial charge in [0.25, 0.3) is 5.56 Å². The summed E-state index contributed by atoms with van der Waals surface area (Å²) >= 11 is 0. The standard InChI is InChI=1S/C23H27N3O3/c1-3-8-15-11-12-19-20-17(13-26(19)23(15)29)18(14-27)21(25(20)4-2)22(28)24-16-9-6-5-7-10-16/h3,5-12,17-18,20-21,27H,4,13-14H2,1-2H3,(H,24,28)/b8-3-/t17-,18-,20+,21-/m0/s1. The third-order valence-electron chi connectivity index (χ3n) is 6.24. The number of anilines is 1. The van der Waals surface area contributed by atoms with E-state index in [9.17, 15) is 14.7 Å². The SMILES string of the molecule is C/C=C\c1ccc2n(c1=O)C[C@H]1[C@H](CO)[C@@H](C(=O)Nc3ccccc3)N(CC)[C@@H]21. The van der Waals surface area contributed by atoms with Crippen molar-refractivity contribution in [1.29, 1.82) is 0 Å². The van der Waals surface area contributed by atoms with Crippen LogP contribution in [0.3, 0.4) is 0 Å². The van der Waals surface area contributed by atoms with E-state index >= 15 is 0 Å². The molecular formula is C23H27N3O3. The summed E-state index contributed by atoms with van der Waals surface area (Å²) in [4.78, 5) is 28.2. The molecule has 2 aromatic rings. The zero-order chi connectivity index (χ0) is 20.5. The molecule has 0 unspecified atom stereocenters. The second-order valence-corrected chi connectivity index (χ2v) is 7.71. The van der Waals surface area contributed by atoms with Gasteiger partial charge in [-0.25, -0.2) is 0 Å². The Morgan fingerprint density at radius 3 is 2.66 bits per heavy atom. The maximum Gasteiger partial charge on any atom is 0.258 e. The van der Waals surface area contributed by atoms with Crippen LogP contribution in [-0.2, 0) is 11.3 Å². The van der Waals surface area contributed by atoms with E-state index in [4.69, 9.17) is 0 Å². The first-order valence-corrected chi connectivity index (χ1v) is 10.2. The zero-order valence-electron chi connectivity index (χ0n) is 16.8. The number of aliphatic hydroxyl groups is 1. The number of nitrogens with zero attached hydrogens (tertiary/aromatic N) is 2. The van der Waals surface area contributed by atoms with E-state index < -0.39 is 6.04 Å². The van der Waals surface area contributed by atoms with Crippen molar-refractivity contribution in [3.05, 3.63) is 70.2 Å². The molecule has 0 radical (unpaired) electrons. The molecule has 6 nitrogen and oxygen atoms in total. The lowest BCUT2D eigenvalue weighted by Crippen LogP contribution is -2.45. The van der Waals surface area contributed by atoms with Gasteiger partial charge in [-0.15, -0.1) is 0 Å². The largest absolute Gasteiger partial charge is 0.396 e. The quantitative estimate of drug-likeness (QED) is 0.819. The Morgan fingerprint density at radius 1 is 1.24 bits per heavy atom. The normalized spacial score (nSPS) is 25.9. The van der Waals surface area contributed by atoms with E-state index in [1.54, 1.807) is 0 Å². The Labute approximate surface area is 170 Å². The minimum Gasteiger partial charge on any atom is -0.396 e. The van der Waals surface area contributed by atoms with E-state index in [1.807, 2.05) is 73.0 Å². The lowest BCUT2D eigenvalue weighted by atomic mass is 9.88. The molecule has 1 saturated heterocycles. The number of rotatable bonds is 5. The van der Waals surface area contributed by atoms with Crippen LogP contribution in [0.5, 0.6) is 0 Å². The van der Waals surface area contributed by atoms with Gasteiger partial charge in [-0.05, 0) is 37.7 Å². The Kier molecular flexibility index (Phi) is 5.39. The van der Waals surface area contributed by atoms with Crippen LogP contribution in [0.2, 0.25) is 0 Å². The number of pyridine rings is 1. The number of carbonyl (C=O) groups is 1. The number of likely N-dealkylation sites (N-methyl/N-ethyl adjacent to an activating group) is 1. The summed E-state index contributed by atoms with van der Waals surface area (Å²) in [5.41, 5.74) is 2.34. The molecule has 2 aliphatic heterocycles. The molecule has 0 aliphatic carbocycles. The molecule has 152 valence electrons.